The highest BCUT2D eigenvalue weighted by Gasteiger charge is 2.50. The van der Waals surface area contributed by atoms with E-state index in [2.05, 4.69) is 24.3 Å². The molecule has 2 saturated carbocycles. The summed E-state index contributed by atoms with van der Waals surface area (Å²) in [6.45, 7) is 0. The number of benzene rings is 2. The molecule has 2 aromatic rings. The second-order valence-electron chi connectivity index (χ2n) is 8.57. The molecular weight excluding hydrogens is 332 g/mol. The molecule has 0 aromatic heterocycles. The molecule has 0 amide bonds. The van der Waals surface area contributed by atoms with E-state index in [0.717, 1.165) is 11.1 Å². The van der Waals surface area contributed by atoms with Crippen LogP contribution in [0.3, 0.4) is 0 Å². The van der Waals surface area contributed by atoms with Gasteiger partial charge in [-0.25, -0.2) is 0 Å². The van der Waals surface area contributed by atoms with Crippen molar-refractivity contribution in [3.05, 3.63) is 59.7 Å². The van der Waals surface area contributed by atoms with Crippen molar-refractivity contribution in [2.24, 2.45) is 11.8 Å². The van der Waals surface area contributed by atoms with Gasteiger partial charge in [-0.3, -0.25) is 0 Å². The Hall–Kier alpha value is -1.96. The van der Waals surface area contributed by atoms with Crippen LogP contribution >= 0.6 is 0 Å². The van der Waals surface area contributed by atoms with Gasteiger partial charge in [0.25, 0.3) is 0 Å². The molecule has 2 nitrogen and oxygen atoms in total. The highest BCUT2D eigenvalue weighted by molar-refractivity contribution is 5.52. The second-order valence-corrected chi connectivity index (χ2v) is 8.57. The van der Waals surface area contributed by atoms with Gasteiger partial charge in [-0.05, 0) is 49.7 Å². The standard InChI is InChI=1S/C25H32O2/c26-23-17-9-7-15-21(23)25(19-11-3-1-4-12-19,20-13-5-2-6-14-20)22-16-8-10-18-24(22)27/h7-10,15-20,26-27H,1-6,11-14H2. The minimum atomic E-state index is -0.294. The van der Waals surface area contributed by atoms with Crippen LogP contribution < -0.4 is 0 Å². The average Bonchev–Trinajstić information content (AvgIpc) is 2.73. The summed E-state index contributed by atoms with van der Waals surface area (Å²) in [5, 5.41) is 22.0. The van der Waals surface area contributed by atoms with Crippen molar-refractivity contribution in [3.63, 3.8) is 0 Å². The number of hydrogen-bond acceptors (Lipinski definition) is 2. The van der Waals surface area contributed by atoms with Gasteiger partial charge in [0.1, 0.15) is 11.5 Å². The van der Waals surface area contributed by atoms with E-state index >= 15 is 0 Å². The Morgan fingerprint density at radius 2 is 0.926 bits per heavy atom. The Kier molecular flexibility index (Phi) is 5.43. The van der Waals surface area contributed by atoms with Gasteiger partial charge in [0.15, 0.2) is 0 Å². The quantitative estimate of drug-likeness (QED) is 0.646. The van der Waals surface area contributed by atoms with Crippen LogP contribution in [0.25, 0.3) is 0 Å². The van der Waals surface area contributed by atoms with Crippen molar-refractivity contribution < 1.29 is 10.2 Å². The number of hydrogen-bond donors (Lipinski definition) is 2. The van der Waals surface area contributed by atoms with Crippen LogP contribution in [0.15, 0.2) is 48.5 Å². The molecule has 0 aliphatic heterocycles. The predicted molar refractivity (Wildman–Crippen MR) is 110 cm³/mol. The number of phenols is 2. The van der Waals surface area contributed by atoms with Crippen LogP contribution in [0.1, 0.15) is 75.3 Å². The Morgan fingerprint density at radius 3 is 1.30 bits per heavy atom. The minimum Gasteiger partial charge on any atom is -0.508 e. The Balaban J connectivity index is 1.98. The Bertz CT molecular complexity index is 689. The third-order valence-electron chi connectivity index (χ3n) is 7.20. The van der Waals surface area contributed by atoms with Crippen molar-refractivity contribution in [1.29, 1.82) is 0 Å². The summed E-state index contributed by atoms with van der Waals surface area (Å²) in [5.74, 6) is 1.71. The molecule has 2 heteroatoms. The van der Waals surface area contributed by atoms with Crippen molar-refractivity contribution in [1.82, 2.24) is 0 Å². The molecule has 0 radical (unpaired) electrons. The molecule has 2 fully saturated rings. The van der Waals surface area contributed by atoms with Crippen LogP contribution in [0.4, 0.5) is 0 Å². The maximum atomic E-state index is 11.0. The number of aromatic hydroxyl groups is 2. The number of para-hydroxylation sites is 2. The highest BCUT2D eigenvalue weighted by atomic mass is 16.3. The highest BCUT2D eigenvalue weighted by Crippen LogP contribution is 2.57. The smallest absolute Gasteiger partial charge is 0.119 e. The van der Waals surface area contributed by atoms with Crippen LogP contribution in [0, 0.1) is 11.8 Å². The zero-order valence-electron chi connectivity index (χ0n) is 16.2. The largest absolute Gasteiger partial charge is 0.508 e. The molecular formula is C25H32O2. The topological polar surface area (TPSA) is 40.5 Å². The van der Waals surface area contributed by atoms with E-state index in [9.17, 15) is 10.2 Å². The van der Waals surface area contributed by atoms with E-state index in [1.165, 1.54) is 64.2 Å². The van der Waals surface area contributed by atoms with Crippen molar-refractivity contribution in [2.75, 3.05) is 0 Å². The van der Waals surface area contributed by atoms with Crippen LogP contribution in [0.5, 0.6) is 11.5 Å². The lowest BCUT2D eigenvalue weighted by atomic mass is 9.53. The fourth-order valence-electron chi connectivity index (χ4n) is 6.12. The molecule has 0 saturated heterocycles. The summed E-state index contributed by atoms with van der Waals surface area (Å²) < 4.78 is 0. The molecule has 4 rings (SSSR count). The molecule has 144 valence electrons. The van der Waals surface area contributed by atoms with Gasteiger partial charge in [-0.2, -0.15) is 0 Å². The van der Waals surface area contributed by atoms with Gasteiger partial charge in [0, 0.05) is 16.5 Å². The fourth-order valence-corrected chi connectivity index (χ4v) is 6.12. The summed E-state index contributed by atoms with van der Waals surface area (Å²) in [4.78, 5) is 0. The minimum absolute atomic E-state index is 0.294. The number of phenolic OH excluding ortho intramolecular Hbond substituents is 2. The van der Waals surface area contributed by atoms with Gasteiger partial charge in [-0.15, -0.1) is 0 Å². The van der Waals surface area contributed by atoms with E-state index in [1.807, 2.05) is 24.3 Å². The van der Waals surface area contributed by atoms with Crippen molar-refractivity contribution in [2.45, 2.75) is 69.6 Å². The first-order valence-corrected chi connectivity index (χ1v) is 10.8. The monoisotopic (exact) mass is 364 g/mol. The maximum Gasteiger partial charge on any atom is 0.119 e. The van der Waals surface area contributed by atoms with Gasteiger partial charge >= 0.3 is 0 Å². The first kappa shape index (κ1) is 18.4. The lowest BCUT2D eigenvalue weighted by Crippen LogP contribution is -2.45. The Morgan fingerprint density at radius 1 is 0.556 bits per heavy atom. The molecule has 2 N–H and O–H groups in total. The van der Waals surface area contributed by atoms with E-state index in [0.29, 0.717) is 23.3 Å². The van der Waals surface area contributed by atoms with E-state index in [1.54, 1.807) is 0 Å². The molecule has 27 heavy (non-hydrogen) atoms. The van der Waals surface area contributed by atoms with Gasteiger partial charge < -0.3 is 10.2 Å². The van der Waals surface area contributed by atoms with Crippen molar-refractivity contribution >= 4 is 0 Å². The van der Waals surface area contributed by atoms with E-state index in [4.69, 9.17) is 0 Å². The van der Waals surface area contributed by atoms with Crippen LogP contribution in [-0.2, 0) is 5.41 Å². The fraction of sp³-hybridized carbons (Fsp3) is 0.520. The van der Waals surface area contributed by atoms with E-state index < -0.39 is 0 Å². The molecule has 2 aliphatic carbocycles. The zero-order chi connectivity index (χ0) is 18.7. The first-order valence-electron chi connectivity index (χ1n) is 10.8. The lowest BCUT2D eigenvalue weighted by Gasteiger charge is -2.50. The normalized spacial score (nSPS) is 19.9. The van der Waals surface area contributed by atoms with Gasteiger partial charge in [-0.1, -0.05) is 74.9 Å². The van der Waals surface area contributed by atoms with E-state index in [-0.39, 0.29) is 5.41 Å². The third kappa shape index (κ3) is 3.24. The molecule has 0 spiro atoms. The molecule has 0 unspecified atom stereocenters. The summed E-state index contributed by atoms with van der Waals surface area (Å²) in [6.07, 6.45) is 12.3. The second kappa shape index (κ2) is 7.96. The summed E-state index contributed by atoms with van der Waals surface area (Å²) in [6, 6.07) is 15.8. The molecule has 0 heterocycles. The predicted octanol–water partition coefficient (Wildman–Crippen LogP) is 6.54. The SMILES string of the molecule is Oc1ccccc1C(c1ccccc1O)(C1CCCCC1)C1CCCCC1. The van der Waals surface area contributed by atoms with Crippen LogP contribution in [-0.4, -0.2) is 10.2 Å². The Labute approximate surface area is 163 Å². The summed E-state index contributed by atoms with van der Waals surface area (Å²) >= 11 is 0. The zero-order valence-corrected chi connectivity index (χ0v) is 16.2. The summed E-state index contributed by atoms with van der Waals surface area (Å²) in [7, 11) is 0. The van der Waals surface area contributed by atoms with Crippen molar-refractivity contribution in [3.8, 4) is 11.5 Å². The first-order chi connectivity index (χ1) is 13.2. The molecule has 2 aliphatic rings. The van der Waals surface area contributed by atoms with Crippen LogP contribution in [0.2, 0.25) is 0 Å². The molecule has 0 atom stereocenters. The molecule has 2 aromatic carbocycles. The average molecular weight is 365 g/mol. The lowest BCUT2D eigenvalue weighted by molar-refractivity contribution is 0.128. The third-order valence-corrected chi connectivity index (χ3v) is 7.20. The van der Waals surface area contributed by atoms with Gasteiger partial charge in [0.05, 0.1) is 0 Å². The maximum absolute atomic E-state index is 11.0. The number of rotatable bonds is 4. The molecule has 0 bridgehead atoms. The summed E-state index contributed by atoms with van der Waals surface area (Å²) in [5.41, 5.74) is 1.77. The van der Waals surface area contributed by atoms with Gasteiger partial charge in [0.2, 0.25) is 0 Å².